The Kier molecular flexibility index (Phi) is 4.96. The Morgan fingerprint density at radius 3 is 2.94 bits per heavy atom. The molecule has 0 aromatic rings. The molecule has 2 atom stereocenters. The van der Waals surface area contributed by atoms with Gasteiger partial charge < -0.3 is 10.2 Å². The van der Waals surface area contributed by atoms with Crippen LogP contribution in [-0.2, 0) is 4.79 Å². The molecule has 104 valence electrons. The molecular formula is C14H26N2OS. The first-order chi connectivity index (χ1) is 8.69. The van der Waals surface area contributed by atoms with Crippen LogP contribution in [-0.4, -0.2) is 48.5 Å². The van der Waals surface area contributed by atoms with Gasteiger partial charge in [0.25, 0.3) is 0 Å². The van der Waals surface area contributed by atoms with E-state index in [1.807, 2.05) is 18.8 Å². The Balaban J connectivity index is 2.06. The molecule has 0 aromatic heterocycles. The standard InChI is InChI=1S/C14H26N2OS/c1-3-6-14(7-4-8-15-11-14)13(17)16(2)12-5-9-18-10-12/h12,15H,3-11H2,1-2H3. The van der Waals surface area contributed by atoms with Crippen molar-refractivity contribution in [1.29, 1.82) is 0 Å². The number of nitrogens with zero attached hydrogens (tertiary/aromatic N) is 1. The number of hydrogen-bond donors (Lipinski definition) is 1. The SMILES string of the molecule is CCCC1(C(=O)N(C)C2CCSC2)CCCNC1. The van der Waals surface area contributed by atoms with Crippen LogP contribution in [0.2, 0.25) is 0 Å². The summed E-state index contributed by atoms with van der Waals surface area (Å²) in [7, 11) is 2.02. The van der Waals surface area contributed by atoms with Crippen molar-refractivity contribution in [2.75, 3.05) is 31.6 Å². The Bertz CT molecular complexity index is 278. The van der Waals surface area contributed by atoms with Crippen LogP contribution >= 0.6 is 11.8 Å². The molecule has 2 saturated heterocycles. The summed E-state index contributed by atoms with van der Waals surface area (Å²) < 4.78 is 0. The van der Waals surface area contributed by atoms with Gasteiger partial charge in [0.15, 0.2) is 0 Å². The number of hydrogen-bond acceptors (Lipinski definition) is 3. The number of nitrogens with one attached hydrogen (secondary N) is 1. The van der Waals surface area contributed by atoms with Crippen LogP contribution in [0.15, 0.2) is 0 Å². The van der Waals surface area contributed by atoms with Gasteiger partial charge in [-0.1, -0.05) is 13.3 Å². The van der Waals surface area contributed by atoms with Gasteiger partial charge in [-0.25, -0.2) is 0 Å². The molecule has 0 radical (unpaired) electrons. The molecule has 2 fully saturated rings. The molecule has 1 amide bonds. The van der Waals surface area contributed by atoms with Crippen molar-refractivity contribution in [3.05, 3.63) is 0 Å². The van der Waals surface area contributed by atoms with E-state index in [1.54, 1.807) is 0 Å². The maximum absolute atomic E-state index is 12.9. The lowest BCUT2D eigenvalue weighted by molar-refractivity contribution is -0.144. The van der Waals surface area contributed by atoms with E-state index in [0.29, 0.717) is 11.9 Å². The summed E-state index contributed by atoms with van der Waals surface area (Å²) in [4.78, 5) is 14.9. The number of rotatable bonds is 4. The third kappa shape index (κ3) is 2.85. The third-order valence-electron chi connectivity index (χ3n) is 4.43. The Morgan fingerprint density at radius 2 is 2.39 bits per heavy atom. The maximum Gasteiger partial charge on any atom is 0.230 e. The number of carbonyl (C=O) groups is 1. The van der Waals surface area contributed by atoms with Gasteiger partial charge in [-0.05, 0) is 38.0 Å². The third-order valence-corrected chi connectivity index (χ3v) is 5.57. The Morgan fingerprint density at radius 1 is 1.56 bits per heavy atom. The van der Waals surface area contributed by atoms with Crippen molar-refractivity contribution in [2.45, 2.75) is 45.1 Å². The second kappa shape index (κ2) is 6.29. The monoisotopic (exact) mass is 270 g/mol. The fraction of sp³-hybridized carbons (Fsp3) is 0.929. The van der Waals surface area contributed by atoms with Crippen molar-refractivity contribution in [3.63, 3.8) is 0 Å². The van der Waals surface area contributed by atoms with Gasteiger partial charge in [-0.3, -0.25) is 4.79 Å². The molecule has 4 heteroatoms. The summed E-state index contributed by atoms with van der Waals surface area (Å²) >= 11 is 1.98. The number of carbonyl (C=O) groups excluding carboxylic acids is 1. The van der Waals surface area contributed by atoms with Gasteiger partial charge in [0.2, 0.25) is 5.91 Å². The highest BCUT2D eigenvalue weighted by atomic mass is 32.2. The molecule has 0 saturated carbocycles. The lowest BCUT2D eigenvalue weighted by Gasteiger charge is -2.40. The van der Waals surface area contributed by atoms with Crippen LogP contribution in [0, 0.1) is 5.41 Å². The minimum Gasteiger partial charge on any atom is -0.341 e. The predicted molar refractivity (Wildman–Crippen MR) is 77.9 cm³/mol. The molecule has 2 rings (SSSR count). The highest BCUT2D eigenvalue weighted by Gasteiger charge is 2.42. The zero-order valence-electron chi connectivity index (χ0n) is 11.7. The summed E-state index contributed by atoms with van der Waals surface area (Å²) in [5.41, 5.74) is -0.116. The average Bonchev–Trinajstić information content (AvgIpc) is 2.92. The van der Waals surface area contributed by atoms with Crippen LogP contribution < -0.4 is 5.32 Å². The zero-order chi connectivity index (χ0) is 13.0. The summed E-state index contributed by atoms with van der Waals surface area (Å²) in [6, 6.07) is 0.471. The molecule has 2 unspecified atom stereocenters. The fourth-order valence-corrected chi connectivity index (χ4v) is 4.58. The summed E-state index contributed by atoms with van der Waals surface area (Å²) in [5, 5.41) is 3.43. The molecular weight excluding hydrogens is 244 g/mol. The van der Waals surface area contributed by atoms with Gasteiger partial charge in [-0.15, -0.1) is 0 Å². The van der Waals surface area contributed by atoms with Crippen LogP contribution in [0.4, 0.5) is 0 Å². The van der Waals surface area contributed by atoms with Gasteiger partial charge in [0.1, 0.15) is 0 Å². The van der Waals surface area contributed by atoms with Crippen LogP contribution in [0.3, 0.4) is 0 Å². The molecule has 0 aromatic carbocycles. The topological polar surface area (TPSA) is 32.3 Å². The molecule has 2 aliphatic heterocycles. The van der Waals surface area contributed by atoms with Crippen LogP contribution in [0.1, 0.15) is 39.0 Å². The first-order valence-electron chi connectivity index (χ1n) is 7.25. The van der Waals surface area contributed by atoms with Crippen LogP contribution in [0.25, 0.3) is 0 Å². The number of amides is 1. The molecule has 1 N–H and O–H groups in total. The molecule has 2 aliphatic rings. The highest BCUT2D eigenvalue weighted by Crippen LogP contribution is 2.35. The van der Waals surface area contributed by atoms with Crippen molar-refractivity contribution in [1.82, 2.24) is 10.2 Å². The van der Waals surface area contributed by atoms with Gasteiger partial charge in [0, 0.05) is 25.4 Å². The quantitative estimate of drug-likeness (QED) is 0.849. The average molecular weight is 270 g/mol. The van der Waals surface area contributed by atoms with Gasteiger partial charge in [-0.2, -0.15) is 11.8 Å². The summed E-state index contributed by atoms with van der Waals surface area (Å²) in [5.74, 6) is 2.73. The minimum absolute atomic E-state index is 0.116. The largest absolute Gasteiger partial charge is 0.341 e. The molecule has 2 heterocycles. The summed E-state index contributed by atoms with van der Waals surface area (Å²) in [6.45, 7) is 4.14. The second-order valence-electron chi connectivity index (χ2n) is 5.74. The van der Waals surface area contributed by atoms with Gasteiger partial charge >= 0.3 is 0 Å². The van der Waals surface area contributed by atoms with Crippen molar-refractivity contribution < 1.29 is 4.79 Å². The van der Waals surface area contributed by atoms with Crippen molar-refractivity contribution in [2.24, 2.45) is 5.41 Å². The highest BCUT2D eigenvalue weighted by molar-refractivity contribution is 7.99. The number of thioether (sulfide) groups is 1. The van der Waals surface area contributed by atoms with E-state index < -0.39 is 0 Å². The van der Waals surface area contributed by atoms with Crippen molar-refractivity contribution >= 4 is 17.7 Å². The van der Waals surface area contributed by atoms with E-state index in [2.05, 4.69) is 17.1 Å². The lowest BCUT2D eigenvalue weighted by atomic mass is 9.75. The van der Waals surface area contributed by atoms with E-state index in [-0.39, 0.29) is 5.41 Å². The molecule has 0 aliphatic carbocycles. The lowest BCUT2D eigenvalue weighted by Crippen LogP contribution is -2.53. The van der Waals surface area contributed by atoms with E-state index in [0.717, 1.165) is 44.5 Å². The van der Waals surface area contributed by atoms with E-state index >= 15 is 0 Å². The first kappa shape index (κ1) is 14.2. The molecule has 18 heavy (non-hydrogen) atoms. The Labute approximate surface area is 115 Å². The summed E-state index contributed by atoms with van der Waals surface area (Å²) in [6.07, 6.45) is 5.50. The predicted octanol–water partition coefficient (Wildman–Crippen LogP) is 2.12. The normalized spacial score (nSPS) is 32.4. The van der Waals surface area contributed by atoms with E-state index in [4.69, 9.17) is 0 Å². The van der Waals surface area contributed by atoms with E-state index in [1.165, 1.54) is 12.2 Å². The van der Waals surface area contributed by atoms with Crippen molar-refractivity contribution in [3.8, 4) is 0 Å². The molecule has 3 nitrogen and oxygen atoms in total. The second-order valence-corrected chi connectivity index (χ2v) is 6.89. The van der Waals surface area contributed by atoms with E-state index in [9.17, 15) is 4.79 Å². The fourth-order valence-electron chi connectivity index (χ4n) is 3.32. The first-order valence-corrected chi connectivity index (χ1v) is 8.41. The van der Waals surface area contributed by atoms with Gasteiger partial charge in [0.05, 0.1) is 5.41 Å². The molecule has 0 bridgehead atoms. The molecule has 0 spiro atoms. The zero-order valence-corrected chi connectivity index (χ0v) is 12.5. The van der Waals surface area contributed by atoms with Crippen LogP contribution in [0.5, 0.6) is 0 Å². The number of piperidine rings is 1. The smallest absolute Gasteiger partial charge is 0.230 e. The maximum atomic E-state index is 12.9. The Hall–Kier alpha value is -0.220. The minimum atomic E-state index is -0.116.